The number of carboxylic acid groups (broad SMARTS) is 1. The number of hydrogen-bond acceptors (Lipinski definition) is 7. The molecule has 0 spiro atoms. The van der Waals surface area contributed by atoms with Crippen LogP contribution in [0.2, 0.25) is 0 Å². The molecule has 1 N–H and O–H groups in total. The molecular weight excluding hydrogens is 479 g/mol. The van der Waals surface area contributed by atoms with Gasteiger partial charge in [-0.05, 0) is 60.5 Å². The lowest BCUT2D eigenvalue weighted by atomic mass is 9.98. The quantitative estimate of drug-likeness (QED) is 0.383. The Balaban J connectivity index is 1.20. The van der Waals surface area contributed by atoms with Crippen molar-refractivity contribution in [2.24, 2.45) is 7.05 Å². The SMILES string of the molecule is Cn1nnc(-c2ccc(Oc3ccc(F)c4c3CC[C@H]4Oc3ccc4c(c3)OC[C@H]4CC(=O)O)cc2)n1. The smallest absolute Gasteiger partial charge is 0.304 e. The van der Waals surface area contributed by atoms with Crippen LogP contribution in [0, 0.1) is 5.82 Å². The molecule has 4 aromatic rings. The molecular formula is C27H23FN4O5. The number of nitrogens with zero attached hydrogens (tertiary/aromatic N) is 4. The molecule has 37 heavy (non-hydrogen) atoms. The molecule has 0 radical (unpaired) electrons. The van der Waals surface area contributed by atoms with Gasteiger partial charge in [0.15, 0.2) is 0 Å². The zero-order valence-electron chi connectivity index (χ0n) is 19.9. The van der Waals surface area contributed by atoms with Crippen molar-refractivity contribution in [1.82, 2.24) is 20.2 Å². The summed E-state index contributed by atoms with van der Waals surface area (Å²) in [5, 5.41) is 21.2. The molecule has 1 aliphatic carbocycles. The number of carboxylic acids is 1. The molecule has 188 valence electrons. The molecule has 2 heterocycles. The van der Waals surface area contributed by atoms with Gasteiger partial charge in [0.25, 0.3) is 0 Å². The summed E-state index contributed by atoms with van der Waals surface area (Å²) in [4.78, 5) is 12.5. The fourth-order valence-electron chi connectivity index (χ4n) is 4.93. The Hall–Kier alpha value is -4.47. The van der Waals surface area contributed by atoms with Gasteiger partial charge in [-0.2, -0.15) is 4.80 Å². The number of rotatable bonds is 7. The number of halogens is 1. The second-order valence-electron chi connectivity index (χ2n) is 9.12. The van der Waals surface area contributed by atoms with Gasteiger partial charge in [-0.3, -0.25) is 4.79 Å². The van der Waals surface area contributed by atoms with Crippen LogP contribution in [-0.2, 0) is 18.3 Å². The number of ether oxygens (including phenoxy) is 3. The minimum atomic E-state index is -0.865. The van der Waals surface area contributed by atoms with Crippen molar-refractivity contribution in [2.45, 2.75) is 31.3 Å². The van der Waals surface area contributed by atoms with Crippen LogP contribution >= 0.6 is 0 Å². The molecule has 3 aromatic carbocycles. The lowest BCUT2D eigenvalue weighted by Crippen LogP contribution is -2.07. The van der Waals surface area contributed by atoms with E-state index in [1.54, 1.807) is 25.2 Å². The van der Waals surface area contributed by atoms with Crippen LogP contribution in [0.3, 0.4) is 0 Å². The summed E-state index contributed by atoms with van der Waals surface area (Å²) in [5.74, 6) is 1.48. The van der Waals surface area contributed by atoms with Crippen LogP contribution in [0.4, 0.5) is 4.39 Å². The second-order valence-corrected chi connectivity index (χ2v) is 9.12. The molecule has 0 saturated heterocycles. The molecule has 0 amide bonds. The van der Waals surface area contributed by atoms with Crippen LogP contribution in [0.1, 0.15) is 41.6 Å². The summed E-state index contributed by atoms with van der Waals surface area (Å²) < 4.78 is 32.9. The minimum absolute atomic E-state index is 0.0111. The lowest BCUT2D eigenvalue weighted by Gasteiger charge is -2.17. The number of benzene rings is 3. The molecule has 1 aromatic heterocycles. The third-order valence-electron chi connectivity index (χ3n) is 6.65. The van der Waals surface area contributed by atoms with E-state index in [0.29, 0.717) is 53.8 Å². The maximum Gasteiger partial charge on any atom is 0.304 e. The number of carbonyl (C=O) groups is 1. The second kappa shape index (κ2) is 9.20. The molecule has 9 nitrogen and oxygen atoms in total. The molecule has 0 saturated carbocycles. The van der Waals surface area contributed by atoms with Crippen LogP contribution in [0.5, 0.6) is 23.0 Å². The van der Waals surface area contributed by atoms with E-state index < -0.39 is 12.1 Å². The average molecular weight is 503 g/mol. The molecule has 0 fully saturated rings. The molecule has 0 unspecified atom stereocenters. The van der Waals surface area contributed by atoms with Crippen molar-refractivity contribution in [3.8, 4) is 34.4 Å². The molecule has 0 bridgehead atoms. The minimum Gasteiger partial charge on any atom is -0.492 e. The first-order valence-corrected chi connectivity index (χ1v) is 11.9. The Morgan fingerprint density at radius 2 is 1.97 bits per heavy atom. The van der Waals surface area contributed by atoms with Crippen molar-refractivity contribution >= 4 is 5.97 Å². The van der Waals surface area contributed by atoms with Gasteiger partial charge in [0, 0.05) is 34.2 Å². The summed E-state index contributed by atoms with van der Waals surface area (Å²) in [5.41, 5.74) is 2.93. The van der Waals surface area contributed by atoms with Crippen molar-refractivity contribution in [3.63, 3.8) is 0 Å². The van der Waals surface area contributed by atoms with Crippen molar-refractivity contribution in [2.75, 3.05) is 6.61 Å². The first-order chi connectivity index (χ1) is 17.9. The summed E-state index contributed by atoms with van der Waals surface area (Å²) in [7, 11) is 1.70. The normalized spacial score (nSPS) is 17.7. The van der Waals surface area contributed by atoms with Gasteiger partial charge in [0.05, 0.1) is 20.1 Å². The van der Waals surface area contributed by atoms with Gasteiger partial charge in [-0.1, -0.05) is 6.07 Å². The number of aliphatic carboxylic acids is 1. The predicted molar refractivity (Wildman–Crippen MR) is 129 cm³/mol. The zero-order valence-corrected chi connectivity index (χ0v) is 19.9. The van der Waals surface area contributed by atoms with Gasteiger partial charge >= 0.3 is 5.97 Å². The van der Waals surface area contributed by atoms with Crippen LogP contribution in [0.15, 0.2) is 54.6 Å². The summed E-state index contributed by atoms with van der Waals surface area (Å²) in [6.45, 7) is 0.322. The highest BCUT2D eigenvalue weighted by Crippen LogP contribution is 2.44. The summed E-state index contributed by atoms with van der Waals surface area (Å²) in [6.07, 6.45) is 0.746. The van der Waals surface area contributed by atoms with Crippen molar-refractivity contribution in [1.29, 1.82) is 0 Å². The Kier molecular flexibility index (Phi) is 5.71. The first kappa shape index (κ1) is 23.0. The van der Waals surface area contributed by atoms with E-state index in [1.165, 1.54) is 10.9 Å². The maximum absolute atomic E-state index is 15.0. The van der Waals surface area contributed by atoms with Gasteiger partial charge < -0.3 is 19.3 Å². The highest BCUT2D eigenvalue weighted by Gasteiger charge is 2.32. The molecule has 2 atom stereocenters. The number of hydrogen-bond donors (Lipinski definition) is 1. The van der Waals surface area contributed by atoms with Gasteiger partial charge in [0.2, 0.25) is 5.82 Å². The highest BCUT2D eigenvalue weighted by atomic mass is 19.1. The fraction of sp³-hybridized carbons (Fsp3) is 0.259. The molecule has 2 aliphatic rings. The maximum atomic E-state index is 15.0. The summed E-state index contributed by atoms with van der Waals surface area (Å²) in [6, 6.07) is 15.7. The topological polar surface area (TPSA) is 109 Å². The summed E-state index contributed by atoms with van der Waals surface area (Å²) >= 11 is 0. The molecule has 1 aliphatic heterocycles. The lowest BCUT2D eigenvalue weighted by molar-refractivity contribution is -0.137. The van der Waals surface area contributed by atoms with E-state index >= 15 is 0 Å². The predicted octanol–water partition coefficient (Wildman–Crippen LogP) is 4.83. The largest absolute Gasteiger partial charge is 0.492 e. The van der Waals surface area contributed by atoms with E-state index in [9.17, 15) is 9.18 Å². The Morgan fingerprint density at radius 1 is 1.16 bits per heavy atom. The third-order valence-corrected chi connectivity index (χ3v) is 6.65. The molecule has 10 heteroatoms. The third kappa shape index (κ3) is 4.46. The van der Waals surface area contributed by atoms with E-state index in [4.69, 9.17) is 19.3 Å². The van der Waals surface area contributed by atoms with E-state index in [-0.39, 0.29) is 18.2 Å². The average Bonchev–Trinajstić information content (AvgIpc) is 3.61. The monoisotopic (exact) mass is 502 g/mol. The standard InChI is InChI=1S/C27H23FN4O5/c1-32-30-27(29-31-32)15-2-4-17(5-3-15)36-22-11-9-21(28)26-20(22)8-10-23(26)37-18-6-7-19-16(12-25(33)34)14-35-24(19)13-18/h2-7,9,11,13,16,23H,8,10,12,14H2,1H3,(H,33,34)/t16-,23-/m1/s1. The highest BCUT2D eigenvalue weighted by molar-refractivity contribution is 5.69. The Labute approximate surface area is 211 Å². The van der Waals surface area contributed by atoms with Crippen LogP contribution in [-0.4, -0.2) is 37.9 Å². The van der Waals surface area contributed by atoms with E-state index in [1.807, 2.05) is 30.3 Å². The van der Waals surface area contributed by atoms with Crippen LogP contribution in [0.25, 0.3) is 11.4 Å². The van der Waals surface area contributed by atoms with Crippen molar-refractivity contribution < 1.29 is 28.5 Å². The van der Waals surface area contributed by atoms with Gasteiger partial charge in [0.1, 0.15) is 34.9 Å². The number of fused-ring (bicyclic) bond motifs is 2. The van der Waals surface area contributed by atoms with Crippen LogP contribution < -0.4 is 14.2 Å². The van der Waals surface area contributed by atoms with Crippen molar-refractivity contribution in [3.05, 3.63) is 77.1 Å². The number of aryl methyl sites for hydroxylation is 1. The zero-order chi connectivity index (χ0) is 25.5. The molecule has 6 rings (SSSR count). The fourth-order valence-corrected chi connectivity index (χ4v) is 4.93. The van der Waals surface area contributed by atoms with Gasteiger partial charge in [-0.15, -0.1) is 10.2 Å². The van der Waals surface area contributed by atoms with E-state index in [2.05, 4.69) is 15.4 Å². The number of aromatic nitrogens is 4. The van der Waals surface area contributed by atoms with E-state index in [0.717, 1.165) is 16.7 Å². The van der Waals surface area contributed by atoms with Gasteiger partial charge in [-0.25, -0.2) is 4.39 Å². The first-order valence-electron chi connectivity index (χ1n) is 11.9. The number of tetrazole rings is 1. The Bertz CT molecular complexity index is 1490. The Morgan fingerprint density at radius 3 is 2.73 bits per heavy atom.